The molecule has 0 N–H and O–H groups in total. The third-order valence-corrected chi connectivity index (χ3v) is 2.42. The van der Waals surface area contributed by atoms with Crippen LogP contribution in [0.2, 0.25) is 6.04 Å². The summed E-state index contributed by atoms with van der Waals surface area (Å²) in [5.41, 5.74) is 0. The zero-order valence-corrected chi connectivity index (χ0v) is 5.80. The van der Waals surface area contributed by atoms with Crippen molar-refractivity contribution in [3.63, 3.8) is 0 Å². The lowest BCUT2D eigenvalue weighted by molar-refractivity contribution is 0.0850. The van der Waals surface area contributed by atoms with Crippen LogP contribution in [0.25, 0.3) is 0 Å². The van der Waals surface area contributed by atoms with Crippen molar-refractivity contribution in [2.45, 2.75) is 12.5 Å². The van der Waals surface area contributed by atoms with Crippen molar-refractivity contribution in [1.82, 2.24) is 0 Å². The monoisotopic (exact) mass is 138 g/mol. The number of hydrogen-bond acceptors (Lipinski definition) is 2. The summed E-state index contributed by atoms with van der Waals surface area (Å²) >= 11 is 5.38. The van der Waals surface area contributed by atoms with Gasteiger partial charge in [-0.1, -0.05) is 0 Å². The van der Waals surface area contributed by atoms with Crippen molar-refractivity contribution in [2.75, 3.05) is 5.88 Å². The predicted octanol–water partition coefficient (Wildman–Crippen LogP) is 0.798. The Morgan fingerprint density at radius 1 is 1.43 bits per heavy atom. The van der Waals surface area contributed by atoms with Crippen LogP contribution >= 0.6 is 11.6 Å². The highest BCUT2D eigenvalue weighted by atomic mass is 35.5. The van der Waals surface area contributed by atoms with Crippen molar-refractivity contribution in [1.29, 1.82) is 0 Å². The Morgan fingerprint density at radius 2 is 2.14 bits per heavy atom. The highest BCUT2D eigenvalue weighted by Gasteiger charge is 2.28. The Morgan fingerprint density at radius 3 is 2.57 bits per heavy atom. The minimum Gasteiger partial charge on any atom is -0.261 e. The van der Waals surface area contributed by atoms with E-state index in [1.54, 1.807) is 0 Å². The molecule has 0 unspecified atom stereocenters. The second kappa shape index (κ2) is 2.67. The molecule has 0 bridgehead atoms. The molecule has 0 radical (unpaired) electrons. The molecular formula is C3H7ClO2Si. The molecule has 4 heteroatoms. The largest absolute Gasteiger partial charge is 0.393 e. The summed E-state index contributed by atoms with van der Waals surface area (Å²) < 4.78 is 9.18. The van der Waals surface area contributed by atoms with Gasteiger partial charge in [0.05, 0.1) is 0 Å². The Labute approximate surface area is 49.1 Å². The molecule has 1 rings (SSSR count). The normalized spacial score (nSPS) is 20.1. The maximum atomic E-state index is 5.38. The van der Waals surface area contributed by atoms with Crippen LogP contribution in [0.5, 0.6) is 0 Å². The zero-order chi connectivity index (χ0) is 5.11. The van der Waals surface area contributed by atoms with Gasteiger partial charge in [0, 0.05) is 5.88 Å². The molecule has 1 fully saturated rings. The minimum atomic E-state index is -1.02. The van der Waals surface area contributed by atoms with Crippen molar-refractivity contribution in [3.8, 4) is 0 Å². The van der Waals surface area contributed by atoms with Crippen LogP contribution < -0.4 is 0 Å². The van der Waals surface area contributed by atoms with E-state index in [1.807, 2.05) is 0 Å². The highest BCUT2D eigenvalue weighted by molar-refractivity contribution is 6.49. The standard InChI is InChI=1S/C3H7ClO2Si/c4-2-1-3-7-5-6-7/h7H,1-3H2. The van der Waals surface area contributed by atoms with Crippen LogP contribution in [0.1, 0.15) is 6.42 Å². The lowest BCUT2D eigenvalue weighted by Gasteiger charge is -1.79. The average Bonchev–Trinajstić information content (AvgIpc) is 2.42. The van der Waals surface area contributed by atoms with Gasteiger partial charge < -0.3 is 0 Å². The lowest BCUT2D eigenvalue weighted by Crippen LogP contribution is -1.87. The van der Waals surface area contributed by atoms with Gasteiger partial charge in [-0.3, -0.25) is 9.15 Å². The molecule has 0 aromatic rings. The first-order valence-electron chi connectivity index (χ1n) is 2.31. The van der Waals surface area contributed by atoms with E-state index >= 15 is 0 Å². The molecule has 0 spiro atoms. The van der Waals surface area contributed by atoms with Crippen molar-refractivity contribution in [2.24, 2.45) is 0 Å². The highest BCUT2D eigenvalue weighted by Crippen LogP contribution is 2.13. The van der Waals surface area contributed by atoms with Crippen LogP contribution in [0, 0.1) is 0 Å². The Kier molecular flexibility index (Phi) is 2.12. The molecule has 42 valence electrons. The number of halogens is 1. The summed E-state index contributed by atoms with van der Waals surface area (Å²) in [6.07, 6.45) is 1.04. The van der Waals surface area contributed by atoms with Gasteiger partial charge in [-0.15, -0.1) is 11.6 Å². The fraction of sp³-hybridized carbons (Fsp3) is 1.00. The third-order valence-electron chi connectivity index (χ3n) is 0.806. The van der Waals surface area contributed by atoms with Crippen LogP contribution in [0.3, 0.4) is 0 Å². The van der Waals surface area contributed by atoms with Gasteiger partial charge in [-0.25, -0.2) is 0 Å². The smallest absolute Gasteiger partial charge is 0.261 e. The van der Waals surface area contributed by atoms with Crippen molar-refractivity contribution < 1.29 is 9.15 Å². The summed E-state index contributed by atoms with van der Waals surface area (Å²) in [5.74, 6) is 0.732. The van der Waals surface area contributed by atoms with E-state index in [2.05, 4.69) is 9.15 Å². The second-order valence-corrected chi connectivity index (χ2v) is 3.65. The molecule has 1 aliphatic heterocycles. The van der Waals surface area contributed by atoms with Crippen LogP contribution in [-0.2, 0) is 9.15 Å². The van der Waals surface area contributed by atoms with Crippen LogP contribution in [0.15, 0.2) is 0 Å². The topological polar surface area (TPSA) is 25.1 Å². The molecule has 1 aliphatic rings. The van der Waals surface area contributed by atoms with Gasteiger partial charge in [0.15, 0.2) is 0 Å². The fourth-order valence-electron chi connectivity index (χ4n) is 0.379. The first-order valence-corrected chi connectivity index (χ1v) is 4.61. The second-order valence-electron chi connectivity index (χ2n) is 1.45. The average molecular weight is 139 g/mol. The summed E-state index contributed by atoms with van der Waals surface area (Å²) in [6.45, 7) is 0. The predicted molar refractivity (Wildman–Crippen MR) is 29.5 cm³/mol. The van der Waals surface area contributed by atoms with Gasteiger partial charge in [0.1, 0.15) is 0 Å². The van der Waals surface area contributed by atoms with Gasteiger partial charge in [0.2, 0.25) is 0 Å². The molecule has 0 aliphatic carbocycles. The maximum Gasteiger partial charge on any atom is 0.393 e. The van der Waals surface area contributed by atoms with Gasteiger partial charge in [-0.05, 0) is 12.5 Å². The number of rotatable bonds is 3. The molecule has 0 atom stereocenters. The van der Waals surface area contributed by atoms with Gasteiger partial charge in [0.25, 0.3) is 0 Å². The van der Waals surface area contributed by atoms with Crippen LogP contribution in [0.4, 0.5) is 0 Å². The van der Waals surface area contributed by atoms with E-state index in [1.165, 1.54) is 0 Å². The SMILES string of the molecule is ClCCC[SiH]1OO1. The first-order chi connectivity index (χ1) is 3.43. The van der Waals surface area contributed by atoms with E-state index in [4.69, 9.17) is 11.6 Å². The Hall–Kier alpha value is 0.427. The molecule has 0 amide bonds. The molecule has 0 aromatic carbocycles. The summed E-state index contributed by atoms with van der Waals surface area (Å²) in [5, 5.41) is 0. The van der Waals surface area contributed by atoms with Crippen LogP contribution in [-0.4, -0.2) is 15.2 Å². The minimum absolute atomic E-state index is 0.732. The molecule has 0 aromatic heterocycles. The molecule has 1 heterocycles. The summed E-state index contributed by atoms with van der Waals surface area (Å²) in [6, 6.07) is 1.07. The number of hydrogen-bond donors (Lipinski definition) is 0. The van der Waals surface area contributed by atoms with Gasteiger partial charge >= 0.3 is 9.28 Å². The van der Waals surface area contributed by atoms with E-state index < -0.39 is 9.28 Å². The molecule has 7 heavy (non-hydrogen) atoms. The molecular weight excluding hydrogens is 132 g/mol. The van der Waals surface area contributed by atoms with E-state index in [9.17, 15) is 0 Å². The van der Waals surface area contributed by atoms with E-state index in [0.717, 1.165) is 18.3 Å². The third kappa shape index (κ3) is 2.28. The fourth-order valence-corrected chi connectivity index (χ4v) is 1.84. The first kappa shape index (κ1) is 5.56. The lowest BCUT2D eigenvalue weighted by atomic mass is 10.6. The molecule has 2 nitrogen and oxygen atoms in total. The maximum absolute atomic E-state index is 5.38. The quantitative estimate of drug-likeness (QED) is 0.250. The van der Waals surface area contributed by atoms with E-state index in [-0.39, 0.29) is 0 Å². The zero-order valence-electron chi connectivity index (χ0n) is 3.89. The Balaban J connectivity index is 1.80. The van der Waals surface area contributed by atoms with Gasteiger partial charge in [-0.2, -0.15) is 0 Å². The Bertz CT molecular complexity index is 56.9. The van der Waals surface area contributed by atoms with Crippen molar-refractivity contribution >= 4 is 20.9 Å². The number of alkyl halides is 1. The summed E-state index contributed by atoms with van der Waals surface area (Å²) in [4.78, 5) is 0. The summed E-state index contributed by atoms with van der Waals surface area (Å²) in [7, 11) is -1.02. The van der Waals surface area contributed by atoms with Crippen molar-refractivity contribution in [3.05, 3.63) is 0 Å². The molecule has 1 saturated heterocycles. The molecule has 0 saturated carbocycles. The van der Waals surface area contributed by atoms with E-state index in [0.29, 0.717) is 0 Å².